The van der Waals surface area contributed by atoms with Crippen molar-refractivity contribution in [3.8, 4) is 0 Å². The Hall–Kier alpha value is -5.34. The largest absolute Gasteiger partial charge is 0.445 e. The van der Waals surface area contributed by atoms with Crippen LogP contribution in [0.5, 0.6) is 0 Å². The second-order valence-electron chi connectivity index (χ2n) is 13.9. The van der Waals surface area contributed by atoms with Crippen molar-refractivity contribution in [3.63, 3.8) is 0 Å². The molecule has 1 atom stereocenters. The first-order valence-corrected chi connectivity index (χ1v) is 18.8. The first kappa shape index (κ1) is 44.1. The molecule has 14 nitrogen and oxygen atoms in total. The summed E-state index contributed by atoms with van der Waals surface area (Å²) in [6, 6.07) is 28.1. The first-order chi connectivity index (χ1) is 26.6. The molecule has 0 aliphatic heterocycles. The highest BCUT2D eigenvalue weighted by Gasteiger charge is 2.17. The summed E-state index contributed by atoms with van der Waals surface area (Å²) < 4.78 is 21.4. The molecule has 300 valence electrons. The third kappa shape index (κ3) is 21.8. The number of hydrogen-bond acceptors (Lipinski definition) is 10. The standard InChI is InChI=1S/C41H58N6O8/c1-41(2,3)55-39(50)43-22-14-13-21-36(46-40(51)54-32-35-19-11-6-12-20-35)29-42-23-26-47(27-24-44-37(48)52-30-33-15-7-4-8-16-33)28-25-45-38(49)53-31-34-17-9-5-10-18-34/h4-12,15-20,36,42H,13-14,21-32H2,1-3H3,(H,43,50)(H,44,48)(H,45,49)(H,46,51). The van der Waals surface area contributed by atoms with E-state index in [1.165, 1.54) is 0 Å². The molecule has 0 saturated heterocycles. The van der Waals surface area contributed by atoms with Crippen molar-refractivity contribution in [3.05, 3.63) is 108 Å². The van der Waals surface area contributed by atoms with Crippen LogP contribution in [0.4, 0.5) is 19.2 Å². The number of nitrogens with one attached hydrogen (secondary N) is 5. The van der Waals surface area contributed by atoms with Gasteiger partial charge in [-0.2, -0.15) is 0 Å². The SMILES string of the molecule is CC(C)(C)OC(=O)NCCCCC(CNCCN(CCNC(=O)OCc1ccccc1)CCNC(=O)OCc1ccccc1)NC(=O)OCc1ccccc1. The van der Waals surface area contributed by atoms with Crippen LogP contribution < -0.4 is 26.6 Å². The van der Waals surface area contributed by atoms with Gasteiger partial charge in [-0.3, -0.25) is 4.90 Å². The highest BCUT2D eigenvalue weighted by atomic mass is 16.6. The molecule has 0 radical (unpaired) electrons. The molecule has 0 saturated carbocycles. The molecule has 5 N–H and O–H groups in total. The van der Waals surface area contributed by atoms with Crippen LogP contribution in [0, 0.1) is 0 Å². The van der Waals surface area contributed by atoms with Crippen LogP contribution in [0.25, 0.3) is 0 Å². The third-order valence-electron chi connectivity index (χ3n) is 8.00. The van der Waals surface area contributed by atoms with Crippen molar-refractivity contribution in [1.82, 2.24) is 31.5 Å². The molecule has 55 heavy (non-hydrogen) atoms. The van der Waals surface area contributed by atoms with Crippen molar-refractivity contribution in [2.75, 3.05) is 52.4 Å². The molecule has 3 aromatic rings. The Morgan fingerprint density at radius 1 is 0.564 bits per heavy atom. The van der Waals surface area contributed by atoms with Gasteiger partial charge in [0.2, 0.25) is 0 Å². The predicted molar refractivity (Wildman–Crippen MR) is 210 cm³/mol. The molecule has 0 aliphatic carbocycles. The number of alkyl carbamates (subject to hydrolysis) is 4. The van der Waals surface area contributed by atoms with E-state index in [4.69, 9.17) is 18.9 Å². The number of ether oxygens (including phenoxy) is 4. The number of amides is 4. The van der Waals surface area contributed by atoms with Gasteiger partial charge in [-0.25, -0.2) is 19.2 Å². The number of benzene rings is 3. The maximum Gasteiger partial charge on any atom is 0.407 e. The lowest BCUT2D eigenvalue weighted by atomic mass is 10.1. The fourth-order valence-electron chi connectivity index (χ4n) is 5.21. The number of hydrogen-bond donors (Lipinski definition) is 5. The van der Waals surface area contributed by atoms with E-state index >= 15 is 0 Å². The topological polar surface area (TPSA) is 169 Å². The summed E-state index contributed by atoms with van der Waals surface area (Å²) >= 11 is 0. The van der Waals surface area contributed by atoms with Crippen LogP contribution in [0.2, 0.25) is 0 Å². The van der Waals surface area contributed by atoms with E-state index in [1.54, 1.807) is 0 Å². The molecular weight excluding hydrogens is 704 g/mol. The Bertz CT molecular complexity index is 1460. The zero-order valence-electron chi connectivity index (χ0n) is 32.4. The minimum atomic E-state index is -0.573. The van der Waals surface area contributed by atoms with Crippen LogP contribution in [0.3, 0.4) is 0 Å². The lowest BCUT2D eigenvalue weighted by Gasteiger charge is -2.24. The van der Waals surface area contributed by atoms with E-state index in [9.17, 15) is 19.2 Å². The van der Waals surface area contributed by atoms with E-state index in [1.807, 2.05) is 112 Å². The van der Waals surface area contributed by atoms with Crippen LogP contribution in [0.15, 0.2) is 91.0 Å². The maximum atomic E-state index is 12.7. The van der Waals surface area contributed by atoms with Gasteiger partial charge in [0.25, 0.3) is 0 Å². The lowest BCUT2D eigenvalue weighted by Crippen LogP contribution is -2.45. The molecule has 1 unspecified atom stereocenters. The van der Waals surface area contributed by atoms with Gasteiger partial charge in [0, 0.05) is 58.4 Å². The van der Waals surface area contributed by atoms with Gasteiger partial charge in [-0.15, -0.1) is 0 Å². The Balaban J connectivity index is 1.47. The summed E-state index contributed by atoms with van der Waals surface area (Å²) in [4.78, 5) is 51.5. The van der Waals surface area contributed by atoms with Gasteiger partial charge >= 0.3 is 24.4 Å². The number of rotatable bonds is 23. The Morgan fingerprint density at radius 2 is 1.00 bits per heavy atom. The van der Waals surface area contributed by atoms with E-state index < -0.39 is 30.0 Å². The summed E-state index contributed by atoms with van der Waals surface area (Å²) in [5.74, 6) is 0. The zero-order valence-corrected chi connectivity index (χ0v) is 32.4. The Morgan fingerprint density at radius 3 is 1.47 bits per heavy atom. The third-order valence-corrected chi connectivity index (χ3v) is 8.00. The van der Waals surface area contributed by atoms with Crippen molar-refractivity contribution < 1.29 is 38.1 Å². The zero-order chi connectivity index (χ0) is 39.6. The summed E-state index contributed by atoms with van der Waals surface area (Å²) in [6.45, 7) is 9.69. The van der Waals surface area contributed by atoms with Gasteiger partial charge in [-0.05, 0) is 56.7 Å². The summed E-state index contributed by atoms with van der Waals surface area (Å²) in [5, 5.41) is 14.8. The quantitative estimate of drug-likeness (QED) is 0.0596. The molecule has 0 aromatic heterocycles. The highest BCUT2D eigenvalue weighted by Crippen LogP contribution is 2.08. The molecule has 0 spiro atoms. The number of carbonyl (C=O) groups excluding carboxylic acids is 4. The molecule has 0 bridgehead atoms. The second-order valence-corrected chi connectivity index (χ2v) is 13.9. The van der Waals surface area contributed by atoms with Crippen LogP contribution in [-0.4, -0.2) is 93.3 Å². The Labute approximate surface area is 325 Å². The average molecular weight is 763 g/mol. The lowest BCUT2D eigenvalue weighted by molar-refractivity contribution is 0.0526. The molecule has 4 amide bonds. The monoisotopic (exact) mass is 762 g/mol. The van der Waals surface area contributed by atoms with Gasteiger partial charge in [-0.1, -0.05) is 91.0 Å². The van der Waals surface area contributed by atoms with Crippen molar-refractivity contribution >= 4 is 24.4 Å². The van der Waals surface area contributed by atoms with Crippen molar-refractivity contribution in [1.29, 1.82) is 0 Å². The molecule has 0 fully saturated rings. The van der Waals surface area contributed by atoms with E-state index in [-0.39, 0.29) is 25.9 Å². The smallest absolute Gasteiger partial charge is 0.407 e. The molecule has 0 aliphatic rings. The fourth-order valence-corrected chi connectivity index (χ4v) is 5.21. The van der Waals surface area contributed by atoms with Gasteiger partial charge in [0.05, 0.1) is 0 Å². The van der Waals surface area contributed by atoms with E-state index in [0.717, 1.165) is 23.1 Å². The molecular formula is C41H58N6O8. The second kappa shape index (κ2) is 25.6. The van der Waals surface area contributed by atoms with Gasteiger partial charge in [0.1, 0.15) is 25.4 Å². The number of nitrogens with zero attached hydrogens (tertiary/aromatic N) is 1. The van der Waals surface area contributed by atoms with E-state index in [0.29, 0.717) is 65.2 Å². The minimum absolute atomic E-state index is 0.156. The number of unbranched alkanes of at least 4 members (excludes halogenated alkanes) is 1. The summed E-state index contributed by atoms with van der Waals surface area (Å²) in [5.41, 5.74) is 2.10. The Kier molecular flexibility index (Phi) is 20.5. The summed E-state index contributed by atoms with van der Waals surface area (Å²) in [6.07, 6.45) is 0.0859. The molecule has 3 aromatic carbocycles. The van der Waals surface area contributed by atoms with Crippen molar-refractivity contribution in [2.24, 2.45) is 0 Å². The molecule has 14 heteroatoms. The highest BCUT2D eigenvalue weighted by molar-refractivity contribution is 5.68. The van der Waals surface area contributed by atoms with Crippen LogP contribution in [-0.2, 0) is 38.8 Å². The number of carbonyl (C=O) groups is 4. The predicted octanol–water partition coefficient (Wildman–Crippen LogP) is 5.72. The fraction of sp³-hybridized carbons (Fsp3) is 0.463. The van der Waals surface area contributed by atoms with E-state index in [2.05, 4.69) is 31.5 Å². The first-order valence-electron chi connectivity index (χ1n) is 18.8. The van der Waals surface area contributed by atoms with Crippen LogP contribution >= 0.6 is 0 Å². The van der Waals surface area contributed by atoms with Crippen LogP contribution in [0.1, 0.15) is 56.7 Å². The van der Waals surface area contributed by atoms with Gasteiger partial charge in [0.15, 0.2) is 0 Å². The van der Waals surface area contributed by atoms with Crippen molar-refractivity contribution in [2.45, 2.75) is 71.5 Å². The van der Waals surface area contributed by atoms with Gasteiger partial charge < -0.3 is 45.5 Å². The summed E-state index contributed by atoms with van der Waals surface area (Å²) in [7, 11) is 0. The minimum Gasteiger partial charge on any atom is -0.445 e. The maximum absolute atomic E-state index is 12.7. The molecule has 0 heterocycles. The molecule has 3 rings (SSSR count). The average Bonchev–Trinajstić information content (AvgIpc) is 3.17. The normalized spacial score (nSPS) is 11.6.